The maximum absolute atomic E-state index is 4.63. The molecule has 0 spiro atoms. The number of nitrogens with zero attached hydrogens (tertiary/aromatic N) is 4. The van der Waals surface area contributed by atoms with E-state index in [0.717, 1.165) is 42.9 Å². The largest absolute Gasteiger partial charge is 0.353 e. The molecule has 1 aliphatic heterocycles. The van der Waals surface area contributed by atoms with Crippen LogP contribution in [0.5, 0.6) is 0 Å². The number of hydrogen-bond acceptors (Lipinski definition) is 4. The van der Waals surface area contributed by atoms with Crippen LogP contribution in [0.1, 0.15) is 32.6 Å². The molecule has 5 heteroatoms. The summed E-state index contributed by atoms with van der Waals surface area (Å²) < 4.78 is 2.06. The second-order valence-corrected chi connectivity index (χ2v) is 5.95. The third-order valence-corrected chi connectivity index (χ3v) is 4.27. The van der Waals surface area contributed by atoms with Crippen LogP contribution >= 0.6 is 0 Å². The normalized spacial score (nSPS) is 19.0. The van der Waals surface area contributed by atoms with Gasteiger partial charge in [0.25, 0.3) is 0 Å². The van der Waals surface area contributed by atoms with Gasteiger partial charge < -0.3 is 14.8 Å². The highest BCUT2D eigenvalue weighted by atomic mass is 15.2. The second kappa shape index (κ2) is 6.43. The van der Waals surface area contributed by atoms with Gasteiger partial charge in [-0.25, -0.2) is 9.97 Å². The van der Waals surface area contributed by atoms with Crippen LogP contribution in [0.3, 0.4) is 0 Å². The summed E-state index contributed by atoms with van der Waals surface area (Å²) in [4.78, 5) is 11.6. The van der Waals surface area contributed by atoms with Crippen molar-refractivity contribution in [2.24, 2.45) is 7.05 Å². The van der Waals surface area contributed by atoms with Crippen molar-refractivity contribution in [2.75, 3.05) is 24.5 Å². The van der Waals surface area contributed by atoms with Crippen molar-refractivity contribution in [3.63, 3.8) is 0 Å². The predicted molar refractivity (Wildman–Crippen MR) is 86.7 cm³/mol. The smallest absolute Gasteiger partial charge is 0.156 e. The summed E-state index contributed by atoms with van der Waals surface area (Å²) >= 11 is 0. The minimum Gasteiger partial charge on any atom is -0.353 e. The van der Waals surface area contributed by atoms with Gasteiger partial charge in [0, 0.05) is 32.4 Å². The van der Waals surface area contributed by atoms with Crippen molar-refractivity contribution in [2.45, 2.75) is 38.6 Å². The average Bonchev–Trinajstić information content (AvgIpc) is 2.90. The lowest BCUT2D eigenvalue weighted by Gasteiger charge is -2.31. The fourth-order valence-corrected chi connectivity index (χ4v) is 3.18. The molecule has 0 amide bonds. The molecule has 0 radical (unpaired) electrons. The molecule has 1 atom stereocenters. The maximum Gasteiger partial charge on any atom is 0.156 e. The number of fused-ring (bicyclic) bond motifs is 1. The standard InChI is InChI=1S/C16H25N5/c1-3-10-21(11-13-6-4-5-8-17-13)16-15-14(7-9-18-16)20(2)12-19-15/h7,9,12-13,17H,3-6,8,10-11H2,1-2H3. The summed E-state index contributed by atoms with van der Waals surface area (Å²) in [5, 5.41) is 3.64. The zero-order valence-corrected chi connectivity index (χ0v) is 13.0. The number of aromatic nitrogens is 3. The Kier molecular flexibility index (Phi) is 4.39. The van der Waals surface area contributed by atoms with E-state index in [4.69, 9.17) is 0 Å². The van der Waals surface area contributed by atoms with Crippen molar-refractivity contribution in [1.29, 1.82) is 0 Å². The molecule has 5 nitrogen and oxygen atoms in total. The molecule has 114 valence electrons. The Balaban J connectivity index is 1.87. The lowest BCUT2D eigenvalue weighted by atomic mass is 10.0. The van der Waals surface area contributed by atoms with Gasteiger partial charge in [-0.05, 0) is 31.9 Å². The summed E-state index contributed by atoms with van der Waals surface area (Å²) in [5.74, 6) is 1.03. The van der Waals surface area contributed by atoms with Crippen molar-refractivity contribution < 1.29 is 0 Å². The zero-order valence-electron chi connectivity index (χ0n) is 13.0. The molecule has 1 N–H and O–H groups in total. The number of rotatable bonds is 5. The van der Waals surface area contributed by atoms with E-state index in [9.17, 15) is 0 Å². The van der Waals surface area contributed by atoms with Gasteiger partial charge >= 0.3 is 0 Å². The molecule has 21 heavy (non-hydrogen) atoms. The molecular weight excluding hydrogens is 262 g/mol. The van der Waals surface area contributed by atoms with Gasteiger partial charge in [0.05, 0.1) is 11.8 Å². The Morgan fingerprint density at radius 1 is 1.38 bits per heavy atom. The topological polar surface area (TPSA) is 46.0 Å². The van der Waals surface area contributed by atoms with E-state index in [-0.39, 0.29) is 0 Å². The fourth-order valence-electron chi connectivity index (χ4n) is 3.18. The lowest BCUT2D eigenvalue weighted by Crippen LogP contribution is -2.44. The molecule has 2 aromatic heterocycles. The summed E-state index contributed by atoms with van der Waals surface area (Å²) in [6.45, 7) is 5.42. The first-order valence-corrected chi connectivity index (χ1v) is 8.04. The number of hydrogen-bond donors (Lipinski definition) is 1. The Bertz CT molecular complexity index is 585. The SMILES string of the molecule is CCCN(CC1CCCCN1)c1nccc2c1ncn2C. The Morgan fingerprint density at radius 2 is 2.29 bits per heavy atom. The molecule has 3 heterocycles. The third kappa shape index (κ3) is 3.02. The predicted octanol–water partition coefficient (Wildman–Crippen LogP) is 2.33. The van der Waals surface area contributed by atoms with E-state index in [1.807, 2.05) is 25.6 Å². The summed E-state index contributed by atoms with van der Waals surface area (Å²) in [6.07, 6.45) is 8.79. The molecule has 0 saturated carbocycles. The van der Waals surface area contributed by atoms with Crippen LogP contribution in [0.15, 0.2) is 18.6 Å². The van der Waals surface area contributed by atoms with Crippen LogP contribution in [0, 0.1) is 0 Å². The number of pyridine rings is 1. The average molecular weight is 287 g/mol. The molecule has 1 fully saturated rings. The lowest BCUT2D eigenvalue weighted by molar-refractivity contribution is 0.398. The molecule has 2 aromatic rings. The third-order valence-electron chi connectivity index (χ3n) is 4.27. The zero-order chi connectivity index (χ0) is 14.7. The number of anilines is 1. The van der Waals surface area contributed by atoms with Crippen molar-refractivity contribution in [3.8, 4) is 0 Å². The molecule has 3 rings (SSSR count). The van der Waals surface area contributed by atoms with Gasteiger partial charge in [-0.1, -0.05) is 13.3 Å². The number of imidazole rings is 1. The minimum atomic E-state index is 0.575. The highest BCUT2D eigenvalue weighted by Crippen LogP contribution is 2.23. The maximum atomic E-state index is 4.63. The van der Waals surface area contributed by atoms with Gasteiger partial charge in [-0.2, -0.15) is 0 Å². The van der Waals surface area contributed by atoms with Crippen molar-refractivity contribution in [3.05, 3.63) is 18.6 Å². The van der Waals surface area contributed by atoms with Crippen LogP contribution in [0.4, 0.5) is 5.82 Å². The number of aryl methyl sites for hydroxylation is 1. The minimum absolute atomic E-state index is 0.575. The van der Waals surface area contributed by atoms with Crippen LogP contribution in [0.2, 0.25) is 0 Å². The molecule has 1 unspecified atom stereocenters. The van der Waals surface area contributed by atoms with Crippen molar-refractivity contribution in [1.82, 2.24) is 19.9 Å². The summed E-state index contributed by atoms with van der Waals surface area (Å²) in [5.41, 5.74) is 2.17. The first-order chi connectivity index (χ1) is 10.3. The monoisotopic (exact) mass is 287 g/mol. The molecular formula is C16H25N5. The van der Waals surface area contributed by atoms with Gasteiger partial charge in [-0.3, -0.25) is 0 Å². The van der Waals surface area contributed by atoms with Gasteiger partial charge in [-0.15, -0.1) is 0 Å². The quantitative estimate of drug-likeness (QED) is 0.917. The fraction of sp³-hybridized carbons (Fsp3) is 0.625. The molecule has 0 aliphatic carbocycles. The highest BCUT2D eigenvalue weighted by molar-refractivity contribution is 5.86. The first kappa shape index (κ1) is 14.3. The van der Waals surface area contributed by atoms with Gasteiger partial charge in [0.2, 0.25) is 0 Å². The van der Waals surface area contributed by atoms with E-state index in [0.29, 0.717) is 6.04 Å². The summed E-state index contributed by atoms with van der Waals surface area (Å²) in [6, 6.07) is 2.61. The van der Waals surface area contributed by atoms with E-state index in [1.165, 1.54) is 19.3 Å². The molecule has 1 saturated heterocycles. The summed E-state index contributed by atoms with van der Waals surface area (Å²) in [7, 11) is 2.03. The highest BCUT2D eigenvalue weighted by Gasteiger charge is 2.19. The van der Waals surface area contributed by atoms with E-state index in [1.54, 1.807) is 0 Å². The van der Waals surface area contributed by atoms with Crippen LogP contribution in [-0.4, -0.2) is 40.2 Å². The van der Waals surface area contributed by atoms with Gasteiger partial charge in [0.15, 0.2) is 5.82 Å². The molecule has 0 aromatic carbocycles. The van der Waals surface area contributed by atoms with Crippen molar-refractivity contribution >= 4 is 16.9 Å². The Hall–Kier alpha value is -1.62. The van der Waals surface area contributed by atoms with E-state index in [2.05, 4.69) is 31.7 Å². The van der Waals surface area contributed by atoms with Crippen LogP contribution in [0.25, 0.3) is 11.0 Å². The van der Waals surface area contributed by atoms with Crippen LogP contribution < -0.4 is 10.2 Å². The second-order valence-electron chi connectivity index (χ2n) is 5.95. The molecule has 1 aliphatic rings. The van der Waals surface area contributed by atoms with E-state index < -0.39 is 0 Å². The van der Waals surface area contributed by atoms with Gasteiger partial charge in [0.1, 0.15) is 5.52 Å². The van der Waals surface area contributed by atoms with E-state index >= 15 is 0 Å². The molecule has 0 bridgehead atoms. The number of nitrogens with one attached hydrogen (secondary N) is 1. The van der Waals surface area contributed by atoms with Crippen LogP contribution in [-0.2, 0) is 7.05 Å². The first-order valence-electron chi connectivity index (χ1n) is 8.04. The Morgan fingerprint density at radius 3 is 3.05 bits per heavy atom. The number of piperidine rings is 1. The Labute approximate surface area is 126 Å².